The molecule has 24 nitrogen and oxygen atoms in total. The molecule has 0 aliphatic carbocycles. The minimum Gasteiger partial charge on any atom is -0.463 e. The number of esters is 4. The third-order valence-electron chi connectivity index (χ3n) is 19.9. The van der Waals surface area contributed by atoms with E-state index < -0.39 is 59.9 Å². The lowest BCUT2D eigenvalue weighted by Gasteiger charge is -2.32. The number of fused-ring (bicyclic) bond motifs is 4. The first kappa shape index (κ1) is 85.1. The molecule has 4 aromatic carbocycles. The first-order chi connectivity index (χ1) is 55.8. The van der Waals surface area contributed by atoms with E-state index in [-0.39, 0.29) is 85.0 Å². The fourth-order valence-corrected chi connectivity index (χ4v) is 18.9. The number of benzene rings is 4. The van der Waals surface area contributed by atoms with Gasteiger partial charge in [-0.15, -0.1) is 45.3 Å². The Labute approximate surface area is 708 Å². The number of aromatic nitrogens is 4. The van der Waals surface area contributed by atoms with E-state index in [1.807, 2.05) is 59.5 Å². The van der Waals surface area contributed by atoms with E-state index in [2.05, 4.69) is 71.4 Å². The van der Waals surface area contributed by atoms with E-state index >= 15 is 0 Å². The number of aliphatic hydroxyl groups excluding tert-OH is 2. The maximum Gasteiger partial charge on any atom is 0.338 e. The summed E-state index contributed by atoms with van der Waals surface area (Å²) in [4.78, 5) is 101. The molecule has 0 bridgehead atoms. The van der Waals surface area contributed by atoms with Crippen molar-refractivity contribution in [3.63, 3.8) is 0 Å². The summed E-state index contributed by atoms with van der Waals surface area (Å²) in [6.07, 6.45) is 7.49. The molecular weight excluding hydrogens is 1750 g/mol. The van der Waals surface area contributed by atoms with Crippen molar-refractivity contribution in [3.8, 4) is 0 Å². The smallest absolute Gasteiger partial charge is 0.338 e. The van der Waals surface area contributed by atoms with Gasteiger partial charge in [0.25, 0.3) is 0 Å². The Bertz CT molecular complexity index is 4970. The summed E-state index contributed by atoms with van der Waals surface area (Å²) in [5, 5.41) is 31.3. The number of aliphatic hydroxyl groups is 2. The number of amidine groups is 4. The molecule has 8 aromatic rings. The Kier molecular flexibility index (Phi) is 27.5. The van der Waals surface area contributed by atoms with Crippen LogP contribution >= 0.6 is 100 Å². The number of thiazole rings is 4. The molecule has 8 aliphatic rings. The van der Waals surface area contributed by atoms with Gasteiger partial charge in [0.2, 0.25) is 0 Å². The maximum atomic E-state index is 13.8. The molecule has 4 saturated heterocycles. The van der Waals surface area contributed by atoms with Crippen LogP contribution in [0.4, 0.5) is 17.6 Å². The lowest BCUT2D eigenvalue weighted by molar-refractivity contribution is -0.140. The molecule has 36 heteroatoms. The molecule has 4 fully saturated rings. The van der Waals surface area contributed by atoms with Crippen LogP contribution in [0, 0.1) is 23.3 Å². The molecule has 0 spiro atoms. The summed E-state index contributed by atoms with van der Waals surface area (Å²) in [5.74, 6) is -0.906. The predicted octanol–water partition coefficient (Wildman–Crippen LogP) is 14.6. The van der Waals surface area contributed by atoms with Gasteiger partial charge < -0.3 is 58.6 Å². The number of carbonyl (C=O) groups is 4. The zero-order valence-electron chi connectivity index (χ0n) is 63.7. The Morgan fingerprint density at radius 1 is 0.422 bits per heavy atom. The largest absolute Gasteiger partial charge is 0.463 e. The second-order valence-corrected chi connectivity index (χ2v) is 33.7. The number of likely N-dealkylation sites (N-methyl/N-ethyl adjacent to an activating group) is 2. The number of rotatable bonds is 18. The van der Waals surface area contributed by atoms with Crippen LogP contribution in [0.2, 0.25) is 10.0 Å². The summed E-state index contributed by atoms with van der Waals surface area (Å²) < 4.78 is 77.2. The monoisotopic (exact) mass is 1830 g/mol. The summed E-state index contributed by atoms with van der Waals surface area (Å²) in [5.41, 5.74) is 7.13. The van der Waals surface area contributed by atoms with Crippen LogP contribution in [0.3, 0.4) is 0 Å². The Morgan fingerprint density at radius 2 is 0.681 bits per heavy atom. The lowest BCUT2D eigenvalue weighted by Crippen LogP contribution is -2.37. The molecule has 0 amide bonds. The van der Waals surface area contributed by atoms with Crippen LogP contribution in [0.5, 0.6) is 0 Å². The molecule has 2 N–H and O–H groups in total. The number of nitrogens with zero attached hydrogens (tertiary/aromatic N) is 14. The van der Waals surface area contributed by atoms with Crippen molar-refractivity contribution in [2.24, 2.45) is 20.0 Å². The van der Waals surface area contributed by atoms with Crippen molar-refractivity contribution in [2.75, 3.05) is 80.8 Å². The first-order valence-corrected chi connectivity index (χ1v) is 42.8. The van der Waals surface area contributed by atoms with Gasteiger partial charge in [0, 0.05) is 150 Å². The highest BCUT2D eigenvalue weighted by Gasteiger charge is 2.48. The topological polar surface area (TPSA) is 266 Å². The SMILES string of the molecule is CCOC(=O)C1=C2C[C@@H](N(C)C)CN2C(c2nccs2)=N[C@H]1c1ccc(F)cc1Br.CCOC(=O)C1=C2C[C@H](N(C)C)CN2C(c2nccs2)=N[C@H]1c1ccc(F)cc1Br.CCOC(=O)C1=C2C[C@H](O)CN2C(c2nccs2)=N[C@@H]1c1ccc(F)cc1Cl.CCOC(=O)C1=C2C[C@H](O)CN2C(c2nccs2)=N[C@H]1c1ccc(F)cc1Cl. The standard InChI is InChI=1S/2C21H22BrFN4O2S.2C19H17ClFN3O3S/c2*1-4-29-21(28)17-16-10-13(26(2)3)11-27(16)19(20-24-7-8-30-20)25-18(17)14-6-5-12(23)9-15(14)22;2*1-2-27-19(26)15-14-8-11(25)9-24(14)17(18-22-5-6-28-18)23-16(15)12-4-3-10(21)7-13(12)20/h2*5-9,13,18H,4,10-11H2,1-3H3;2*3-7,11,16,25H,2,8-9H2,1H3/t13-,18+;13-,18-;11-,16+;11-,16-/m1000/s1. The van der Waals surface area contributed by atoms with Crippen molar-refractivity contribution in [3.05, 3.63) is 249 Å². The number of hydrogen-bond donors (Lipinski definition) is 2. The highest BCUT2D eigenvalue weighted by Crippen LogP contribution is 2.49. The number of carbonyl (C=O) groups excluding carboxylic acids is 4. The van der Waals surface area contributed by atoms with Crippen LogP contribution < -0.4 is 0 Å². The van der Waals surface area contributed by atoms with Crippen LogP contribution in [-0.2, 0) is 38.1 Å². The van der Waals surface area contributed by atoms with Gasteiger partial charge in [-0.25, -0.2) is 56.7 Å². The van der Waals surface area contributed by atoms with E-state index in [1.54, 1.807) is 64.6 Å². The third kappa shape index (κ3) is 18.1. The number of aliphatic imine (C=N–C) groups is 4. The minimum atomic E-state index is -0.775. The highest BCUT2D eigenvalue weighted by atomic mass is 79.9. The molecule has 4 aromatic heterocycles. The highest BCUT2D eigenvalue weighted by molar-refractivity contribution is 9.10. The molecule has 8 atom stereocenters. The van der Waals surface area contributed by atoms with Gasteiger partial charge in [0.15, 0.2) is 43.4 Å². The van der Waals surface area contributed by atoms with Crippen LogP contribution in [-0.4, -0.2) is 212 Å². The van der Waals surface area contributed by atoms with E-state index in [0.29, 0.717) is 126 Å². The second kappa shape index (κ2) is 37.4. The molecule has 0 unspecified atom stereocenters. The van der Waals surface area contributed by atoms with Gasteiger partial charge in [-0.1, -0.05) is 79.3 Å². The van der Waals surface area contributed by atoms with E-state index in [0.717, 1.165) is 33.1 Å². The van der Waals surface area contributed by atoms with E-state index in [1.165, 1.54) is 106 Å². The minimum absolute atomic E-state index is 0.168. The number of hydrogen-bond acceptors (Lipinski definition) is 28. The predicted molar refractivity (Wildman–Crippen MR) is 443 cm³/mol. The van der Waals surface area contributed by atoms with Gasteiger partial charge in [0.1, 0.15) is 47.4 Å². The zero-order valence-corrected chi connectivity index (χ0v) is 71.7. The van der Waals surface area contributed by atoms with E-state index in [9.17, 15) is 47.0 Å². The number of halogens is 8. The van der Waals surface area contributed by atoms with Gasteiger partial charge in [-0.05, 0) is 116 Å². The lowest BCUT2D eigenvalue weighted by atomic mass is 9.94. The molecular formula is C80H78Br2Cl2F4N14O10S4. The van der Waals surface area contributed by atoms with Crippen molar-refractivity contribution in [2.45, 2.75) is 102 Å². The maximum absolute atomic E-state index is 13.8. The zero-order chi connectivity index (χ0) is 82.5. The first-order valence-electron chi connectivity index (χ1n) is 36.9. The van der Waals surface area contributed by atoms with Gasteiger partial charge in [0.05, 0.1) is 74.0 Å². The van der Waals surface area contributed by atoms with Gasteiger partial charge >= 0.3 is 23.9 Å². The summed E-state index contributed by atoms with van der Waals surface area (Å²) >= 11 is 25.3. The van der Waals surface area contributed by atoms with E-state index in [4.69, 9.17) is 62.1 Å². The van der Waals surface area contributed by atoms with Crippen LogP contribution in [0.1, 0.15) is 120 Å². The fraction of sp³-hybridized carbons (Fsp3) is 0.350. The van der Waals surface area contributed by atoms with Crippen molar-refractivity contribution in [1.82, 2.24) is 49.3 Å². The molecule has 608 valence electrons. The van der Waals surface area contributed by atoms with Crippen molar-refractivity contribution >= 4 is 148 Å². The van der Waals surface area contributed by atoms with Crippen molar-refractivity contribution < 1.29 is 65.9 Å². The van der Waals surface area contributed by atoms with Gasteiger partial charge in [-0.2, -0.15) is 0 Å². The van der Waals surface area contributed by atoms with Crippen LogP contribution in [0.15, 0.2) is 193 Å². The Morgan fingerprint density at radius 3 is 0.931 bits per heavy atom. The number of ether oxygens (including phenoxy) is 4. The van der Waals surface area contributed by atoms with Gasteiger partial charge in [-0.3, -0.25) is 20.0 Å². The summed E-state index contributed by atoms with van der Waals surface area (Å²) in [6.45, 7) is 9.98. The summed E-state index contributed by atoms with van der Waals surface area (Å²) in [7, 11) is 8.12. The molecule has 8 aliphatic heterocycles. The molecule has 0 saturated carbocycles. The molecule has 16 rings (SSSR count). The normalized spacial score (nSPS) is 21.3. The summed E-state index contributed by atoms with van der Waals surface area (Å²) in [6, 6.07) is 14.6. The fourth-order valence-electron chi connectivity index (χ4n) is 14.7. The molecule has 12 heterocycles. The average Bonchev–Trinajstić information content (AvgIpc) is 1.54. The quantitative estimate of drug-likeness (QED) is 0.0459. The molecule has 116 heavy (non-hydrogen) atoms. The Hall–Kier alpha value is -8.78. The average molecular weight is 1830 g/mol. The van der Waals surface area contributed by atoms with Crippen LogP contribution in [0.25, 0.3) is 0 Å². The third-order valence-corrected chi connectivity index (χ3v) is 25.0. The van der Waals surface area contributed by atoms with Crippen molar-refractivity contribution in [1.29, 1.82) is 0 Å². The second-order valence-electron chi connectivity index (χ2n) is 27.6. The molecule has 0 radical (unpaired) electrons. The Balaban J connectivity index is 0.000000135.